The Hall–Kier alpha value is -1.84. The smallest absolute Gasteiger partial charge is 0.223 e. The lowest BCUT2D eigenvalue weighted by Gasteiger charge is -2.32. The van der Waals surface area contributed by atoms with Gasteiger partial charge in [0.2, 0.25) is 12.3 Å². The lowest BCUT2D eigenvalue weighted by atomic mass is 10.1. The number of hydrogen-bond acceptors (Lipinski definition) is 2. The zero-order chi connectivity index (χ0) is 12.8. The monoisotopic (exact) mass is 246 g/mol. The Bertz CT molecular complexity index is 398. The van der Waals surface area contributed by atoms with E-state index in [4.69, 9.17) is 0 Å². The fourth-order valence-corrected chi connectivity index (χ4v) is 2.13. The quantitative estimate of drug-likeness (QED) is 0.741. The lowest BCUT2D eigenvalue weighted by Crippen LogP contribution is -2.48. The summed E-state index contributed by atoms with van der Waals surface area (Å²) in [5.41, 5.74) is 1.19. The van der Waals surface area contributed by atoms with Gasteiger partial charge in [0.05, 0.1) is 0 Å². The molecule has 96 valence electrons. The predicted octanol–water partition coefficient (Wildman–Crippen LogP) is 0.920. The first kappa shape index (κ1) is 12.6. The second-order valence-electron chi connectivity index (χ2n) is 4.51. The summed E-state index contributed by atoms with van der Waals surface area (Å²) in [4.78, 5) is 26.1. The summed E-state index contributed by atoms with van der Waals surface area (Å²) in [6.45, 7) is 2.62. The number of nitrogens with zero attached hydrogens (tertiary/aromatic N) is 2. The van der Waals surface area contributed by atoms with Crippen molar-refractivity contribution in [3.8, 4) is 0 Å². The van der Waals surface area contributed by atoms with Crippen LogP contribution in [0.3, 0.4) is 0 Å². The summed E-state index contributed by atoms with van der Waals surface area (Å²) < 4.78 is 0. The molecule has 18 heavy (non-hydrogen) atoms. The van der Waals surface area contributed by atoms with E-state index in [1.54, 1.807) is 4.90 Å². The highest BCUT2D eigenvalue weighted by Gasteiger charge is 2.19. The van der Waals surface area contributed by atoms with Gasteiger partial charge in [-0.15, -0.1) is 0 Å². The van der Waals surface area contributed by atoms with E-state index in [0.29, 0.717) is 32.6 Å². The minimum absolute atomic E-state index is 0.185. The Morgan fingerprint density at radius 1 is 1.11 bits per heavy atom. The largest absolute Gasteiger partial charge is 0.342 e. The molecule has 0 unspecified atom stereocenters. The molecule has 1 heterocycles. The van der Waals surface area contributed by atoms with E-state index >= 15 is 0 Å². The van der Waals surface area contributed by atoms with E-state index in [2.05, 4.69) is 0 Å². The third-order valence-corrected chi connectivity index (χ3v) is 3.29. The second kappa shape index (κ2) is 6.19. The molecule has 2 amide bonds. The number of benzene rings is 1. The molecular formula is C14H18N2O2. The van der Waals surface area contributed by atoms with Crippen molar-refractivity contribution >= 4 is 12.3 Å². The highest BCUT2D eigenvalue weighted by Crippen LogP contribution is 2.07. The van der Waals surface area contributed by atoms with Crippen molar-refractivity contribution in [2.45, 2.75) is 12.8 Å². The number of piperazine rings is 1. The minimum Gasteiger partial charge on any atom is -0.342 e. The topological polar surface area (TPSA) is 40.6 Å². The summed E-state index contributed by atoms with van der Waals surface area (Å²) in [5.74, 6) is 0.185. The van der Waals surface area contributed by atoms with Gasteiger partial charge in [-0.1, -0.05) is 30.3 Å². The van der Waals surface area contributed by atoms with Crippen LogP contribution in [-0.2, 0) is 16.0 Å². The Balaban J connectivity index is 1.77. The standard InChI is InChI=1S/C14H18N2O2/c17-12-15-8-10-16(11-9-15)14(18)7-6-13-4-2-1-3-5-13/h1-5,12H,6-11H2. The molecule has 0 aliphatic carbocycles. The van der Waals surface area contributed by atoms with Crippen LogP contribution < -0.4 is 0 Å². The van der Waals surface area contributed by atoms with E-state index < -0.39 is 0 Å². The van der Waals surface area contributed by atoms with E-state index in [-0.39, 0.29) is 5.91 Å². The molecule has 0 N–H and O–H groups in total. The van der Waals surface area contributed by atoms with Gasteiger partial charge < -0.3 is 9.80 Å². The fourth-order valence-electron chi connectivity index (χ4n) is 2.13. The first-order chi connectivity index (χ1) is 8.79. The molecule has 0 spiro atoms. The molecule has 0 radical (unpaired) electrons. The lowest BCUT2D eigenvalue weighted by molar-refractivity contribution is -0.135. The molecule has 1 fully saturated rings. The maximum atomic E-state index is 12.0. The molecule has 4 heteroatoms. The zero-order valence-electron chi connectivity index (χ0n) is 10.4. The normalized spacial score (nSPS) is 15.6. The van der Waals surface area contributed by atoms with Crippen LogP contribution in [0, 0.1) is 0 Å². The van der Waals surface area contributed by atoms with Crippen molar-refractivity contribution in [1.82, 2.24) is 9.80 Å². The first-order valence-electron chi connectivity index (χ1n) is 6.30. The van der Waals surface area contributed by atoms with Gasteiger partial charge in [0.1, 0.15) is 0 Å². The summed E-state index contributed by atoms with van der Waals surface area (Å²) >= 11 is 0. The molecule has 0 atom stereocenters. The molecule has 0 bridgehead atoms. The fraction of sp³-hybridized carbons (Fsp3) is 0.429. The van der Waals surface area contributed by atoms with Gasteiger partial charge in [-0.05, 0) is 12.0 Å². The van der Waals surface area contributed by atoms with Crippen LogP contribution in [0.2, 0.25) is 0 Å². The van der Waals surface area contributed by atoms with Gasteiger partial charge in [0.15, 0.2) is 0 Å². The Kier molecular flexibility index (Phi) is 4.34. The van der Waals surface area contributed by atoms with Crippen LogP contribution in [-0.4, -0.2) is 48.3 Å². The molecule has 1 aromatic carbocycles. The van der Waals surface area contributed by atoms with Gasteiger partial charge in [-0.25, -0.2) is 0 Å². The van der Waals surface area contributed by atoms with Crippen LogP contribution in [0.4, 0.5) is 0 Å². The van der Waals surface area contributed by atoms with Crippen molar-refractivity contribution in [3.05, 3.63) is 35.9 Å². The summed E-state index contributed by atoms with van der Waals surface area (Å²) in [6, 6.07) is 10.0. The molecule has 1 aromatic rings. The van der Waals surface area contributed by atoms with Crippen LogP contribution >= 0.6 is 0 Å². The number of hydrogen-bond donors (Lipinski definition) is 0. The third-order valence-electron chi connectivity index (χ3n) is 3.29. The van der Waals surface area contributed by atoms with Crippen molar-refractivity contribution in [1.29, 1.82) is 0 Å². The Labute approximate surface area is 107 Å². The highest BCUT2D eigenvalue weighted by atomic mass is 16.2. The maximum Gasteiger partial charge on any atom is 0.223 e. The Morgan fingerprint density at radius 3 is 2.39 bits per heavy atom. The molecule has 1 aliphatic heterocycles. The van der Waals surface area contributed by atoms with Crippen LogP contribution in [0.5, 0.6) is 0 Å². The number of rotatable bonds is 4. The van der Waals surface area contributed by atoms with Crippen molar-refractivity contribution in [3.63, 3.8) is 0 Å². The van der Waals surface area contributed by atoms with Gasteiger partial charge in [0, 0.05) is 32.6 Å². The number of carbonyl (C=O) groups excluding carboxylic acids is 2. The van der Waals surface area contributed by atoms with Gasteiger partial charge in [-0.3, -0.25) is 9.59 Å². The average molecular weight is 246 g/mol. The molecule has 1 saturated heterocycles. The third kappa shape index (κ3) is 3.32. The van der Waals surface area contributed by atoms with Crippen LogP contribution in [0.15, 0.2) is 30.3 Å². The van der Waals surface area contributed by atoms with E-state index in [9.17, 15) is 9.59 Å². The number of aryl methyl sites for hydroxylation is 1. The number of carbonyl (C=O) groups is 2. The molecule has 0 saturated carbocycles. The molecule has 0 aromatic heterocycles. The van der Waals surface area contributed by atoms with Crippen molar-refractivity contribution < 1.29 is 9.59 Å². The van der Waals surface area contributed by atoms with E-state index in [1.807, 2.05) is 35.2 Å². The van der Waals surface area contributed by atoms with E-state index in [1.165, 1.54) is 5.56 Å². The summed E-state index contributed by atoms with van der Waals surface area (Å²) in [5, 5.41) is 0. The highest BCUT2D eigenvalue weighted by molar-refractivity contribution is 5.76. The van der Waals surface area contributed by atoms with Crippen LogP contribution in [0.25, 0.3) is 0 Å². The van der Waals surface area contributed by atoms with Gasteiger partial charge in [0.25, 0.3) is 0 Å². The first-order valence-corrected chi connectivity index (χ1v) is 6.30. The second-order valence-corrected chi connectivity index (χ2v) is 4.51. The Morgan fingerprint density at radius 2 is 1.78 bits per heavy atom. The SMILES string of the molecule is O=CN1CCN(C(=O)CCc2ccccc2)CC1. The van der Waals surface area contributed by atoms with Crippen LogP contribution in [0.1, 0.15) is 12.0 Å². The zero-order valence-corrected chi connectivity index (χ0v) is 10.4. The van der Waals surface area contributed by atoms with E-state index in [0.717, 1.165) is 12.8 Å². The predicted molar refractivity (Wildman–Crippen MR) is 69.0 cm³/mol. The van der Waals surface area contributed by atoms with Gasteiger partial charge in [-0.2, -0.15) is 0 Å². The molecule has 1 aliphatic rings. The van der Waals surface area contributed by atoms with Gasteiger partial charge >= 0.3 is 0 Å². The van der Waals surface area contributed by atoms with Crippen molar-refractivity contribution in [2.75, 3.05) is 26.2 Å². The molecular weight excluding hydrogens is 228 g/mol. The number of amides is 2. The van der Waals surface area contributed by atoms with Crippen molar-refractivity contribution in [2.24, 2.45) is 0 Å². The minimum atomic E-state index is 0.185. The molecule has 2 rings (SSSR count). The summed E-state index contributed by atoms with van der Waals surface area (Å²) in [6.07, 6.45) is 2.18. The molecule has 4 nitrogen and oxygen atoms in total. The summed E-state index contributed by atoms with van der Waals surface area (Å²) in [7, 11) is 0. The maximum absolute atomic E-state index is 12.0. The average Bonchev–Trinajstić information content (AvgIpc) is 2.46.